The van der Waals surface area contributed by atoms with E-state index in [2.05, 4.69) is 21.6 Å². The predicted octanol–water partition coefficient (Wildman–Crippen LogP) is 1.27. The van der Waals surface area contributed by atoms with Gasteiger partial charge in [0.25, 0.3) is 0 Å². The molecule has 19 heavy (non-hydrogen) atoms. The summed E-state index contributed by atoms with van der Waals surface area (Å²) in [6.45, 7) is 5.15. The van der Waals surface area contributed by atoms with E-state index in [4.69, 9.17) is 10.5 Å². The number of likely N-dealkylation sites (tertiary alicyclic amines) is 1. The maximum atomic E-state index is 11.8. The third kappa shape index (κ3) is 3.36. The van der Waals surface area contributed by atoms with Crippen LogP contribution in [0, 0.1) is 5.92 Å². The van der Waals surface area contributed by atoms with Crippen molar-refractivity contribution in [2.24, 2.45) is 5.92 Å². The molecule has 1 unspecified atom stereocenters. The summed E-state index contributed by atoms with van der Waals surface area (Å²) in [5.41, 5.74) is 6.10. The van der Waals surface area contributed by atoms with E-state index < -0.39 is 5.97 Å². The van der Waals surface area contributed by atoms with Gasteiger partial charge in [-0.1, -0.05) is 0 Å². The molecule has 1 atom stereocenters. The van der Waals surface area contributed by atoms with Crippen LogP contribution in [0.15, 0.2) is 0 Å². The van der Waals surface area contributed by atoms with Crippen LogP contribution in [0.3, 0.4) is 0 Å². The fourth-order valence-electron chi connectivity index (χ4n) is 2.25. The van der Waals surface area contributed by atoms with E-state index in [9.17, 15) is 4.79 Å². The van der Waals surface area contributed by atoms with E-state index in [1.807, 2.05) is 0 Å². The molecule has 1 saturated heterocycles. The van der Waals surface area contributed by atoms with Crippen molar-refractivity contribution in [1.29, 1.82) is 0 Å². The molecule has 1 fully saturated rings. The van der Waals surface area contributed by atoms with Crippen molar-refractivity contribution >= 4 is 28.3 Å². The average molecular weight is 284 g/mol. The van der Waals surface area contributed by atoms with Gasteiger partial charge in [-0.05, 0) is 44.4 Å². The first kappa shape index (κ1) is 14.1. The molecule has 6 nitrogen and oxygen atoms in total. The number of ether oxygens (including phenoxy) is 1. The summed E-state index contributed by atoms with van der Waals surface area (Å²) >= 11 is 1.21. The number of aromatic nitrogens is 1. The minimum atomic E-state index is -0.403. The van der Waals surface area contributed by atoms with E-state index in [0.29, 0.717) is 23.1 Å². The third-order valence-electron chi connectivity index (χ3n) is 3.24. The van der Waals surface area contributed by atoms with Gasteiger partial charge in [0, 0.05) is 13.1 Å². The van der Waals surface area contributed by atoms with Gasteiger partial charge < -0.3 is 20.7 Å². The summed E-state index contributed by atoms with van der Waals surface area (Å²) in [5.74, 6) is 0.442. The molecule has 3 N–H and O–H groups in total. The highest BCUT2D eigenvalue weighted by Crippen LogP contribution is 2.28. The van der Waals surface area contributed by atoms with Crippen molar-refractivity contribution in [3.8, 4) is 0 Å². The Bertz CT molecular complexity index is 449. The first-order valence-corrected chi connectivity index (χ1v) is 7.23. The molecule has 2 rings (SSSR count). The van der Waals surface area contributed by atoms with Crippen LogP contribution in [0.4, 0.5) is 10.8 Å². The Morgan fingerprint density at radius 2 is 2.47 bits per heavy atom. The normalized spacial score (nSPS) is 19.6. The fourth-order valence-corrected chi connectivity index (χ4v) is 2.96. The summed E-state index contributed by atoms with van der Waals surface area (Å²) in [6.07, 6.45) is 1.17. The number of nitrogen functional groups attached to an aromatic ring is 1. The van der Waals surface area contributed by atoms with E-state index in [1.54, 1.807) is 6.92 Å². The molecular formula is C12H20N4O2S. The van der Waals surface area contributed by atoms with Crippen molar-refractivity contribution in [3.63, 3.8) is 0 Å². The number of nitrogens with one attached hydrogen (secondary N) is 1. The number of hydrogen-bond acceptors (Lipinski definition) is 7. The van der Waals surface area contributed by atoms with Gasteiger partial charge in [-0.3, -0.25) is 0 Å². The molecule has 1 aromatic heterocycles. The maximum Gasteiger partial charge on any atom is 0.344 e. The Morgan fingerprint density at radius 1 is 1.68 bits per heavy atom. The second kappa shape index (κ2) is 6.21. The number of carbonyl (C=O) groups is 1. The van der Waals surface area contributed by atoms with Gasteiger partial charge in [0.2, 0.25) is 0 Å². The van der Waals surface area contributed by atoms with Crippen molar-refractivity contribution in [3.05, 3.63) is 5.56 Å². The van der Waals surface area contributed by atoms with Crippen molar-refractivity contribution in [1.82, 2.24) is 9.27 Å². The first-order chi connectivity index (χ1) is 9.11. The van der Waals surface area contributed by atoms with Gasteiger partial charge in [0.1, 0.15) is 10.6 Å². The average Bonchev–Trinajstić information content (AvgIpc) is 2.93. The zero-order valence-corrected chi connectivity index (χ0v) is 12.1. The zero-order chi connectivity index (χ0) is 13.8. The Balaban J connectivity index is 1.98. The molecule has 0 bridgehead atoms. The lowest BCUT2D eigenvalue weighted by atomic mass is 10.1. The van der Waals surface area contributed by atoms with Crippen LogP contribution >= 0.6 is 11.5 Å². The van der Waals surface area contributed by atoms with Crippen LogP contribution in [-0.4, -0.2) is 48.5 Å². The van der Waals surface area contributed by atoms with Gasteiger partial charge in [-0.25, -0.2) is 4.79 Å². The highest BCUT2D eigenvalue weighted by molar-refractivity contribution is 7.11. The molecule has 0 aliphatic carbocycles. The number of carbonyl (C=O) groups excluding carboxylic acids is 1. The highest BCUT2D eigenvalue weighted by Gasteiger charge is 2.23. The Morgan fingerprint density at radius 3 is 3.11 bits per heavy atom. The van der Waals surface area contributed by atoms with E-state index in [1.165, 1.54) is 18.0 Å². The van der Waals surface area contributed by atoms with E-state index in [-0.39, 0.29) is 5.82 Å². The molecule has 1 aromatic rings. The number of rotatable bonds is 5. The number of nitrogens with two attached hydrogens (primary N) is 1. The van der Waals surface area contributed by atoms with Crippen LogP contribution in [0.1, 0.15) is 23.7 Å². The summed E-state index contributed by atoms with van der Waals surface area (Å²) in [7, 11) is 2.12. The van der Waals surface area contributed by atoms with E-state index >= 15 is 0 Å². The molecule has 0 spiro atoms. The van der Waals surface area contributed by atoms with Gasteiger partial charge in [-0.15, -0.1) is 0 Å². The predicted molar refractivity (Wildman–Crippen MR) is 76.6 cm³/mol. The van der Waals surface area contributed by atoms with Crippen LogP contribution in [-0.2, 0) is 4.74 Å². The van der Waals surface area contributed by atoms with Crippen LogP contribution < -0.4 is 11.1 Å². The molecular weight excluding hydrogens is 264 g/mol. The standard InChI is InChI=1S/C12H20N4O2S/c1-3-18-12(17)9-10(13)15-19-11(9)14-6-8-4-5-16(2)7-8/h8,14H,3-7H2,1-2H3,(H2,13,15). The number of nitrogens with zero attached hydrogens (tertiary/aromatic N) is 2. The minimum absolute atomic E-state index is 0.245. The SMILES string of the molecule is CCOC(=O)c1c(N)nsc1NCC1CCN(C)C1. The molecule has 0 saturated carbocycles. The monoisotopic (exact) mass is 284 g/mol. The lowest BCUT2D eigenvalue weighted by Gasteiger charge is -2.12. The molecule has 1 aliphatic rings. The second-order valence-electron chi connectivity index (χ2n) is 4.79. The topological polar surface area (TPSA) is 80.5 Å². The summed E-state index contributed by atoms with van der Waals surface area (Å²) in [5, 5.41) is 4.00. The number of esters is 1. The lowest BCUT2D eigenvalue weighted by Crippen LogP contribution is -2.19. The second-order valence-corrected chi connectivity index (χ2v) is 5.56. The van der Waals surface area contributed by atoms with Crippen LogP contribution in [0.5, 0.6) is 0 Å². The summed E-state index contributed by atoms with van der Waals surface area (Å²) in [6, 6.07) is 0. The molecule has 0 radical (unpaired) electrons. The molecule has 7 heteroatoms. The van der Waals surface area contributed by atoms with E-state index in [0.717, 1.165) is 19.6 Å². The van der Waals surface area contributed by atoms with Crippen molar-refractivity contribution < 1.29 is 9.53 Å². The van der Waals surface area contributed by atoms with Crippen LogP contribution in [0.25, 0.3) is 0 Å². The molecule has 1 aliphatic heterocycles. The quantitative estimate of drug-likeness (QED) is 0.793. The minimum Gasteiger partial charge on any atom is -0.462 e. The first-order valence-electron chi connectivity index (χ1n) is 6.46. The fraction of sp³-hybridized carbons (Fsp3) is 0.667. The molecule has 106 valence electrons. The Kier molecular flexibility index (Phi) is 4.60. The molecule has 2 heterocycles. The van der Waals surface area contributed by atoms with Crippen molar-refractivity contribution in [2.45, 2.75) is 13.3 Å². The lowest BCUT2D eigenvalue weighted by molar-refractivity contribution is 0.0529. The largest absolute Gasteiger partial charge is 0.462 e. The van der Waals surface area contributed by atoms with Gasteiger partial charge >= 0.3 is 5.97 Å². The molecule has 0 aromatic carbocycles. The third-order valence-corrected chi connectivity index (χ3v) is 4.06. The Hall–Kier alpha value is -1.34. The smallest absolute Gasteiger partial charge is 0.344 e. The number of anilines is 2. The highest BCUT2D eigenvalue weighted by atomic mass is 32.1. The Labute approximate surface area is 117 Å². The van der Waals surface area contributed by atoms with Gasteiger partial charge in [-0.2, -0.15) is 4.37 Å². The maximum absolute atomic E-state index is 11.8. The molecule has 0 amide bonds. The van der Waals surface area contributed by atoms with Crippen molar-refractivity contribution in [2.75, 3.05) is 44.3 Å². The zero-order valence-electron chi connectivity index (χ0n) is 11.3. The summed E-state index contributed by atoms with van der Waals surface area (Å²) < 4.78 is 9.02. The van der Waals surface area contributed by atoms with Gasteiger partial charge in [0.05, 0.1) is 6.61 Å². The number of hydrogen-bond donors (Lipinski definition) is 2. The van der Waals surface area contributed by atoms with Gasteiger partial charge in [0.15, 0.2) is 5.82 Å². The summed E-state index contributed by atoms with van der Waals surface area (Å²) in [4.78, 5) is 14.1. The van der Waals surface area contributed by atoms with Crippen LogP contribution in [0.2, 0.25) is 0 Å².